The highest BCUT2D eigenvalue weighted by molar-refractivity contribution is 7.09. The summed E-state index contributed by atoms with van der Waals surface area (Å²) >= 11 is 1.68. The van der Waals surface area contributed by atoms with E-state index in [1.54, 1.807) is 23.3 Å². The monoisotopic (exact) mass is 459 g/mol. The number of rotatable bonds is 7. The number of carbonyl (C=O) groups excluding carboxylic acids is 2. The summed E-state index contributed by atoms with van der Waals surface area (Å²) in [7, 11) is 3.54. The van der Waals surface area contributed by atoms with Crippen molar-refractivity contribution in [2.24, 2.45) is 7.05 Å². The zero-order chi connectivity index (χ0) is 22.9. The van der Waals surface area contributed by atoms with Crippen LogP contribution in [0.15, 0.2) is 66.0 Å². The van der Waals surface area contributed by atoms with Gasteiger partial charge in [0.15, 0.2) is 0 Å². The maximum atomic E-state index is 13.6. The first kappa shape index (κ1) is 21.3. The van der Waals surface area contributed by atoms with Crippen LogP contribution in [0.4, 0.5) is 0 Å². The highest BCUT2D eigenvalue weighted by Crippen LogP contribution is 2.43. The lowest BCUT2D eigenvalue weighted by atomic mass is 9.98. The SMILES string of the molecule is COc1ccc([C@H]2c3c(n(C)c4ccccc34)C(=O)N2CC(=O)NCCc2cccs2)cc1. The zero-order valence-electron chi connectivity index (χ0n) is 18.6. The molecule has 3 heterocycles. The Morgan fingerprint density at radius 3 is 2.61 bits per heavy atom. The van der Waals surface area contributed by atoms with E-state index in [2.05, 4.69) is 11.4 Å². The minimum absolute atomic E-state index is 0.00295. The van der Waals surface area contributed by atoms with Gasteiger partial charge in [-0.05, 0) is 41.6 Å². The topological polar surface area (TPSA) is 63.6 Å². The first-order valence-electron chi connectivity index (χ1n) is 10.9. The van der Waals surface area contributed by atoms with Crippen LogP contribution in [0.2, 0.25) is 0 Å². The number of carbonyl (C=O) groups is 2. The summed E-state index contributed by atoms with van der Waals surface area (Å²) in [4.78, 5) is 29.3. The fraction of sp³-hybridized carbons (Fsp3) is 0.231. The Bertz CT molecular complexity index is 1310. The van der Waals surface area contributed by atoms with E-state index >= 15 is 0 Å². The van der Waals surface area contributed by atoms with Gasteiger partial charge in [0.1, 0.15) is 18.0 Å². The Hall–Kier alpha value is -3.58. The van der Waals surface area contributed by atoms with Gasteiger partial charge >= 0.3 is 0 Å². The number of nitrogens with one attached hydrogen (secondary N) is 1. The van der Waals surface area contributed by atoms with E-state index in [-0.39, 0.29) is 24.4 Å². The molecule has 2 aromatic carbocycles. The standard InChI is InChI=1S/C26H25N3O3S/c1-28-21-8-4-3-7-20(21)23-24(17-9-11-18(32-2)12-10-17)29(26(31)25(23)28)16-22(30)27-14-13-19-6-5-15-33-19/h3-12,15,24H,13-14,16H2,1-2H3,(H,27,30)/t24-/m0/s1. The molecule has 6 nitrogen and oxygen atoms in total. The van der Waals surface area contributed by atoms with Crippen LogP contribution in [0.3, 0.4) is 0 Å². The van der Waals surface area contributed by atoms with Crippen LogP contribution in [0.25, 0.3) is 10.9 Å². The summed E-state index contributed by atoms with van der Waals surface area (Å²) in [6.45, 7) is 0.549. The van der Waals surface area contributed by atoms with Crippen molar-refractivity contribution in [2.75, 3.05) is 20.2 Å². The summed E-state index contributed by atoms with van der Waals surface area (Å²) in [6, 6.07) is 19.5. The van der Waals surface area contributed by atoms with Gasteiger partial charge in [-0.3, -0.25) is 9.59 Å². The Morgan fingerprint density at radius 1 is 1.09 bits per heavy atom. The van der Waals surface area contributed by atoms with E-state index in [0.29, 0.717) is 12.2 Å². The zero-order valence-corrected chi connectivity index (χ0v) is 19.4. The molecule has 0 spiro atoms. The molecule has 168 valence electrons. The van der Waals surface area contributed by atoms with Crippen LogP contribution in [-0.4, -0.2) is 41.5 Å². The minimum atomic E-state index is -0.340. The molecule has 1 atom stereocenters. The van der Waals surface area contributed by atoms with Gasteiger partial charge in [0.25, 0.3) is 5.91 Å². The molecule has 0 aliphatic carbocycles. The molecule has 2 amide bonds. The van der Waals surface area contributed by atoms with Crippen LogP contribution in [-0.2, 0) is 18.3 Å². The highest BCUT2D eigenvalue weighted by atomic mass is 32.1. The summed E-state index contributed by atoms with van der Waals surface area (Å²) in [6.07, 6.45) is 0.782. The molecule has 0 radical (unpaired) electrons. The van der Waals surface area contributed by atoms with E-state index in [9.17, 15) is 9.59 Å². The van der Waals surface area contributed by atoms with Crippen molar-refractivity contribution in [2.45, 2.75) is 12.5 Å². The number of nitrogens with zero attached hydrogens (tertiary/aromatic N) is 2. The predicted molar refractivity (Wildman–Crippen MR) is 130 cm³/mol. The van der Waals surface area contributed by atoms with Crippen LogP contribution >= 0.6 is 11.3 Å². The van der Waals surface area contributed by atoms with Crippen molar-refractivity contribution in [3.63, 3.8) is 0 Å². The van der Waals surface area contributed by atoms with Gasteiger partial charge in [0, 0.05) is 34.9 Å². The highest BCUT2D eigenvalue weighted by Gasteiger charge is 2.42. The lowest BCUT2D eigenvalue weighted by molar-refractivity contribution is -0.122. The third-order valence-electron chi connectivity index (χ3n) is 6.21. The first-order chi connectivity index (χ1) is 16.1. The molecule has 4 aromatic rings. The van der Waals surface area contributed by atoms with Gasteiger partial charge < -0.3 is 19.5 Å². The van der Waals surface area contributed by atoms with E-state index in [0.717, 1.165) is 34.2 Å². The number of methoxy groups -OCH3 is 1. The van der Waals surface area contributed by atoms with Crippen LogP contribution < -0.4 is 10.1 Å². The molecule has 1 N–H and O–H groups in total. The van der Waals surface area contributed by atoms with Crippen molar-refractivity contribution in [1.82, 2.24) is 14.8 Å². The third kappa shape index (κ3) is 3.78. The molecule has 5 rings (SSSR count). The average molecular weight is 460 g/mol. The number of hydrogen-bond donors (Lipinski definition) is 1. The maximum absolute atomic E-state index is 13.6. The number of amides is 2. The second kappa shape index (κ2) is 8.75. The largest absolute Gasteiger partial charge is 0.497 e. The number of fused-ring (bicyclic) bond motifs is 3. The second-order valence-electron chi connectivity index (χ2n) is 8.13. The van der Waals surface area contributed by atoms with E-state index in [1.165, 1.54) is 4.88 Å². The normalized spacial score (nSPS) is 15.2. The molecular weight excluding hydrogens is 434 g/mol. The fourth-order valence-corrected chi connectivity index (χ4v) is 5.36. The molecule has 7 heteroatoms. The molecule has 0 fully saturated rings. The number of aryl methyl sites for hydroxylation is 1. The lowest BCUT2D eigenvalue weighted by Gasteiger charge is -2.26. The number of benzene rings is 2. The predicted octanol–water partition coefficient (Wildman–Crippen LogP) is 4.15. The van der Waals surface area contributed by atoms with Gasteiger partial charge in [-0.25, -0.2) is 0 Å². The van der Waals surface area contributed by atoms with Crippen LogP contribution in [0, 0.1) is 0 Å². The fourth-order valence-electron chi connectivity index (χ4n) is 4.65. The minimum Gasteiger partial charge on any atom is -0.497 e. The molecular formula is C26H25N3O3S. The van der Waals surface area contributed by atoms with Crippen molar-refractivity contribution >= 4 is 34.1 Å². The van der Waals surface area contributed by atoms with Crippen molar-refractivity contribution in [1.29, 1.82) is 0 Å². The van der Waals surface area contributed by atoms with Gasteiger partial charge in [-0.1, -0.05) is 36.4 Å². The van der Waals surface area contributed by atoms with Gasteiger partial charge in [-0.15, -0.1) is 11.3 Å². The number of aromatic nitrogens is 1. The molecule has 2 aromatic heterocycles. The average Bonchev–Trinajstić information content (AvgIpc) is 3.52. The lowest BCUT2D eigenvalue weighted by Crippen LogP contribution is -2.40. The second-order valence-corrected chi connectivity index (χ2v) is 9.16. The molecule has 1 aliphatic heterocycles. The molecule has 0 unspecified atom stereocenters. The summed E-state index contributed by atoms with van der Waals surface area (Å²) in [5.41, 5.74) is 3.55. The van der Waals surface area contributed by atoms with E-state index in [1.807, 2.05) is 71.6 Å². The number of ether oxygens (including phenoxy) is 1. The number of hydrogen-bond acceptors (Lipinski definition) is 4. The Balaban J connectivity index is 1.47. The van der Waals surface area contributed by atoms with Crippen LogP contribution in [0.5, 0.6) is 5.75 Å². The number of para-hydroxylation sites is 1. The smallest absolute Gasteiger partial charge is 0.272 e. The molecule has 33 heavy (non-hydrogen) atoms. The Kier molecular flexibility index (Phi) is 5.64. The molecule has 0 saturated carbocycles. The van der Waals surface area contributed by atoms with Gasteiger partial charge in [-0.2, -0.15) is 0 Å². The Morgan fingerprint density at radius 2 is 1.88 bits per heavy atom. The van der Waals surface area contributed by atoms with Crippen molar-refractivity contribution in [3.8, 4) is 5.75 Å². The summed E-state index contributed by atoms with van der Waals surface area (Å²) < 4.78 is 7.26. The molecule has 0 bridgehead atoms. The van der Waals surface area contributed by atoms with Crippen LogP contribution in [0.1, 0.15) is 32.5 Å². The van der Waals surface area contributed by atoms with Gasteiger partial charge in [0.2, 0.25) is 5.91 Å². The summed E-state index contributed by atoms with van der Waals surface area (Å²) in [5.74, 6) is 0.465. The number of thiophene rings is 1. The third-order valence-corrected chi connectivity index (χ3v) is 7.15. The quantitative estimate of drug-likeness (QED) is 0.452. The maximum Gasteiger partial charge on any atom is 0.272 e. The van der Waals surface area contributed by atoms with E-state index < -0.39 is 0 Å². The summed E-state index contributed by atoms with van der Waals surface area (Å²) in [5, 5.41) is 6.04. The van der Waals surface area contributed by atoms with Crippen molar-refractivity contribution in [3.05, 3.63) is 87.7 Å². The first-order valence-corrected chi connectivity index (χ1v) is 11.8. The molecule has 0 saturated heterocycles. The Labute approximate surface area is 196 Å². The van der Waals surface area contributed by atoms with E-state index in [4.69, 9.17) is 4.74 Å². The van der Waals surface area contributed by atoms with Crippen molar-refractivity contribution < 1.29 is 14.3 Å². The van der Waals surface area contributed by atoms with Gasteiger partial charge in [0.05, 0.1) is 13.2 Å². The molecule has 1 aliphatic rings.